The third-order valence-electron chi connectivity index (χ3n) is 4.37. The van der Waals surface area contributed by atoms with Crippen LogP contribution in [0.1, 0.15) is 31.2 Å². The summed E-state index contributed by atoms with van der Waals surface area (Å²) < 4.78 is 7.25. The van der Waals surface area contributed by atoms with Crippen LogP contribution in [0.4, 0.5) is 0 Å². The van der Waals surface area contributed by atoms with Crippen molar-refractivity contribution in [2.24, 2.45) is 0 Å². The van der Waals surface area contributed by atoms with Gasteiger partial charge in [0.1, 0.15) is 12.6 Å². The zero-order valence-corrected chi connectivity index (χ0v) is 13.7. The van der Waals surface area contributed by atoms with Crippen molar-refractivity contribution in [3.05, 3.63) is 49.1 Å². The minimum atomic E-state index is -0.173. The zero-order valence-electron chi connectivity index (χ0n) is 13.7. The Morgan fingerprint density at radius 2 is 2.08 bits per heavy atom. The number of amides is 1. The number of rotatable bonds is 4. The summed E-state index contributed by atoms with van der Waals surface area (Å²) in [5.41, 5.74) is 0.845. The Kier molecular flexibility index (Phi) is 4.24. The molecule has 1 aliphatic rings. The molecule has 0 N–H and O–H groups in total. The van der Waals surface area contributed by atoms with Crippen LogP contribution in [0.3, 0.4) is 0 Å². The number of hydrogen-bond donors (Lipinski definition) is 0. The average molecular weight is 338 g/mol. The molecule has 4 heterocycles. The van der Waals surface area contributed by atoms with Gasteiger partial charge in [0, 0.05) is 36.9 Å². The van der Waals surface area contributed by atoms with Gasteiger partial charge in [0.2, 0.25) is 17.6 Å². The van der Waals surface area contributed by atoms with E-state index < -0.39 is 0 Å². The Morgan fingerprint density at radius 1 is 1.20 bits per heavy atom. The van der Waals surface area contributed by atoms with Crippen LogP contribution in [-0.2, 0) is 11.3 Å². The summed E-state index contributed by atoms with van der Waals surface area (Å²) in [6.45, 7) is 0.965. The summed E-state index contributed by atoms with van der Waals surface area (Å²) in [4.78, 5) is 27.0. The van der Waals surface area contributed by atoms with Gasteiger partial charge < -0.3 is 14.0 Å². The highest BCUT2D eigenvalue weighted by Gasteiger charge is 2.32. The first-order valence-electron chi connectivity index (χ1n) is 8.30. The van der Waals surface area contributed by atoms with Crippen LogP contribution >= 0.6 is 0 Å². The number of likely N-dealkylation sites (tertiary alicyclic amines) is 1. The van der Waals surface area contributed by atoms with Gasteiger partial charge in [-0.05, 0) is 31.4 Å². The predicted octanol–water partition coefficient (Wildman–Crippen LogP) is 2.08. The van der Waals surface area contributed by atoms with Crippen LogP contribution in [0, 0.1) is 0 Å². The van der Waals surface area contributed by atoms with E-state index in [4.69, 9.17) is 4.52 Å². The minimum Gasteiger partial charge on any atom is -0.337 e. The zero-order chi connectivity index (χ0) is 17.1. The molecule has 0 spiro atoms. The van der Waals surface area contributed by atoms with Crippen LogP contribution in [0.15, 0.2) is 47.8 Å². The molecule has 1 atom stereocenters. The number of pyridine rings is 1. The summed E-state index contributed by atoms with van der Waals surface area (Å²) in [6.07, 6.45) is 11.3. The first-order chi connectivity index (χ1) is 12.3. The Labute approximate surface area is 144 Å². The lowest BCUT2D eigenvalue weighted by Gasteiger charge is -2.33. The highest BCUT2D eigenvalue weighted by molar-refractivity contribution is 5.76. The van der Waals surface area contributed by atoms with Gasteiger partial charge in [-0.1, -0.05) is 5.16 Å². The Balaban J connectivity index is 1.55. The first-order valence-corrected chi connectivity index (χ1v) is 8.30. The standard InChI is InChI=1S/C17H18N6O2/c24-15(11-22-10-8-19-12-22)23-9-2-1-3-14(23)17-20-16(21-25-17)13-4-6-18-7-5-13/h4-8,10,12,14H,1-3,9,11H2. The quantitative estimate of drug-likeness (QED) is 0.723. The molecule has 8 nitrogen and oxygen atoms in total. The highest BCUT2D eigenvalue weighted by atomic mass is 16.5. The first kappa shape index (κ1) is 15.5. The van der Waals surface area contributed by atoms with Crippen LogP contribution in [-0.4, -0.2) is 42.0 Å². The number of piperidine rings is 1. The van der Waals surface area contributed by atoms with Crippen molar-refractivity contribution < 1.29 is 9.32 Å². The van der Waals surface area contributed by atoms with Gasteiger partial charge in [0.05, 0.1) is 6.33 Å². The summed E-state index contributed by atoms with van der Waals surface area (Å²) in [6, 6.07) is 3.49. The van der Waals surface area contributed by atoms with E-state index >= 15 is 0 Å². The van der Waals surface area contributed by atoms with Crippen LogP contribution < -0.4 is 0 Å². The molecule has 128 valence electrons. The number of carbonyl (C=O) groups excluding carboxylic acids is 1. The van der Waals surface area contributed by atoms with Crippen molar-refractivity contribution in [2.45, 2.75) is 31.8 Å². The molecule has 4 rings (SSSR count). The van der Waals surface area contributed by atoms with E-state index in [1.54, 1.807) is 35.7 Å². The van der Waals surface area contributed by atoms with Crippen molar-refractivity contribution in [3.8, 4) is 11.4 Å². The molecule has 0 aliphatic carbocycles. The highest BCUT2D eigenvalue weighted by Crippen LogP contribution is 2.31. The molecule has 25 heavy (non-hydrogen) atoms. The molecule has 3 aromatic rings. The number of nitrogens with zero attached hydrogens (tertiary/aromatic N) is 6. The third kappa shape index (κ3) is 3.28. The van der Waals surface area contributed by atoms with Crippen molar-refractivity contribution in [1.29, 1.82) is 0 Å². The minimum absolute atomic E-state index is 0.0337. The van der Waals surface area contributed by atoms with E-state index in [-0.39, 0.29) is 18.5 Å². The van der Waals surface area contributed by atoms with Crippen molar-refractivity contribution >= 4 is 5.91 Å². The number of carbonyl (C=O) groups is 1. The maximum Gasteiger partial charge on any atom is 0.249 e. The molecular weight excluding hydrogens is 320 g/mol. The molecule has 1 amide bonds. The molecule has 0 saturated carbocycles. The van der Waals surface area contributed by atoms with E-state index in [0.29, 0.717) is 18.3 Å². The molecule has 0 radical (unpaired) electrons. The molecule has 1 saturated heterocycles. The fourth-order valence-corrected chi connectivity index (χ4v) is 3.10. The maximum atomic E-state index is 12.7. The van der Waals surface area contributed by atoms with E-state index in [2.05, 4.69) is 20.1 Å². The van der Waals surface area contributed by atoms with Gasteiger partial charge in [0.25, 0.3) is 0 Å². The second kappa shape index (κ2) is 6.84. The summed E-state index contributed by atoms with van der Waals surface area (Å²) >= 11 is 0. The monoisotopic (exact) mass is 338 g/mol. The molecule has 1 fully saturated rings. The van der Waals surface area contributed by atoms with Gasteiger partial charge in [-0.15, -0.1) is 0 Å². The van der Waals surface area contributed by atoms with Crippen LogP contribution in [0.5, 0.6) is 0 Å². The number of hydrogen-bond acceptors (Lipinski definition) is 6. The lowest BCUT2D eigenvalue weighted by atomic mass is 10.0. The maximum absolute atomic E-state index is 12.7. The van der Waals surface area contributed by atoms with Gasteiger partial charge in [-0.25, -0.2) is 4.98 Å². The third-order valence-corrected chi connectivity index (χ3v) is 4.37. The fourth-order valence-electron chi connectivity index (χ4n) is 3.10. The van der Waals surface area contributed by atoms with Crippen molar-refractivity contribution in [2.75, 3.05) is 6.54 Å². The largest absolute Gasteiger partial charge is 0.337 e. The lowest BCUT2D eigenvalue weighted by Crippen LogP contribution is -2.40. The average Bonchev–Trinajstić information content (AvgIpc) is 3.34. The molecule has 1 unspecified atom stereocenters. The van der Waals surface area contributed by atoms with Crippen molar-refractivity contribution in [1.82, 2.24) is 29.6 Å². The predicted molar refractivity (Wildman–Crippen MR) is 88.1 cm³/mol. The topological polar surface area (TPSA) is 89.9 Å². The van der Waals surface area contributed by atoms with E-state index in [1.165, 1.54) is 0 Å². The van der Waals surface area contributed by atoms with Gasteiger partial charge >= 0.3 is 0 Å². The van der Waals surface area contributed by atoms with Crippen molar-refractivity contribution in [3.63, 3.8) is 0 Å². The van der Waals surface area contributed by atoms with Gasteiger partial charge in [-0.3, -0.25) is 9.78 Å². The Hall–Kier alpha value is -3.03. The molecule has 0 bridgehead atoms. The number of aromatic nitrogens is 5. The van der Waals surface area contributed by atoms with Gasteiger partial charge in [0.15, 0.2) is 0 Å². The molecule has 8 heteroatoms. The molecular formula is C17H18N6O2. The number of imidazole rings is 1. The summed E-state index contributed by atoms with van der Waals surface area (Å²) in [5.74, 6) is 1.04. The summed E-state index contributed by atoms with van der Waals surface area (Å²) in [7, 11) is 0. The van der Waals surface area contributed by atoms with Crippen LogP contribution in [0.2, 0.25) is 0 Å². The molecule has 1 aliphatic heterocycles. The van der Waals surface area contributed by atoms with E-state index in [9.17, 15) is 4.79 Å². The van der Waals surface area contributed by atoms with E-state index in [0.717, 1.165) is 24.8 Å². The fraction of sp³-hybridized carbons (Fsp3) is 0.353. The Morgan fingerprint density at radius 3 is 2.88 bits per heavy atom. The lowest BCUT2D eigenvalue weighted by molar-refractivity contribution is -0.136. The summed E-state index contributed by atoms with van der Waals surface area (Å²) in [5, 5.41) is 4.06. The van der Waals surface area contributed by atoms with Crippen LogP contribution in [0.25, 0.3) is 11.4 Å². The molecule has 3 aromatic heterocycles. The SMILES string of the molecule is O=C(Cn1ccnc1)N1CCCCC1c1nc(-c2ccncc2)no1. The smallest absolute Gasteiger partial charge is 0.249 e. The molecule has 0 aromatic carbocycles. The van der Waals surface area contributed by atoms with Gasteiger partial charge in [-0.2, -0.15) is 4.98 Å². The van der Waals surface area contributed by atoms with E-state index in [1.807, 2.05) is 17.0 Å². The second-order valence-corrected chi connectivity index (χ2v) is 6.03. The second-order valence-electron chi connectivity index (χ2n) is 6.03. The Bertz CT molecular complexity index is 830. The normalized spacial score (nSPS) is 17.6.